The van der Waals surface area contributed by atoms with Gasteiger partial charge in [0.15, 0.2) is 0 Å². The molecule has 2 aliphatic carbocycles. The number of nitrogens with one attached hydrogen (secondary N) is 2. The van der Waals surface area contributed by atoms with Crippen molar-refractivity contribution in [3.05, 3.63) is 70.3 Å². The maximum Gasteiger partial charge on any atom is 0.416 e. The van der Waals surface area contributed by atoms with E-state index in [0.29, 0.717) is 12.0 Å². The highest BCUT2D eigenvalue weighted by Gasteiger charge is 2.34. The Morgan fingerprint density at radius 2 is 1.84 bits per heavy atom. The third kappa shape index (κ3) is 5.48. The van der Waals surface area contributed by atoms with Crippen LogP contribution in [-0.4, -0.2) is 27.3 Å². The molecule has 2 aliphatic rings. The van der Waals surface area contributed by atoms with Crippen molar-refractivity contribution in [3.8, 4) is 0 Å². The summed E-state index contributed by atoms with van der Waals surface area (Å²) in [5.41, 5.74) is 3.10. The van der Waals surface area contributed by atoms with Crippen LogP contribution < -0.4 is 10.0 Å². The molecule has 8 heteroatoms. The molecule has 0 bridgehead atoms. The number of hydrogen-bond acceptors (Lipinski definition) is 3. The van der Waals surface area contributed by atoms with Crippen LogP contribution in [0.2, 0.25) is 0 Å². The smallest absolute Gasteiger partial charge is 0.316 e. The van der Waals surface area contributed by atoms with E-state index in [9.17, 15) is 21.6 Å². The van der Waals surface area contributed by atoms with Crippen LogP contribution in [0.15, 0.2) is 42.5 Å². The predicted molar refractivity (Wildman–Crippen MR) is 114 cm³/mol. The Labute approximate surface area is 181 Å². The standard InChI is InChI=1S/C23H27F3N2O2S/c1-27-22-12-18-8-7-17(13-28-31(29,30)14-15-5-6-15)11-20(18)21(22)10-16-3-2-4-19(9-16)23(24,25)26/h2-4,7-9,11,15,21-22,27-28H,5-6,10,12-14H2,1H3. The zero-order chi connectivity index (χ0) is 22.2. The molecule has 4 rings (SSSR count). The first-order valence-corrected chi connectivity index (χ1v) is 12.2. The first-order valence-electron chi connectivity index (χ1n) is 10.6. The van der Waals surface area contributed by atoms with Gasteiger partial charge in [-0.25, -0.2) is 13.1 Å². The first-order chi connectivity index (χ1) is 14.6. The van der Waals surface area contributed by atoms with Crippen LogP contribution in [0.25, 0.3) is 0 Å². The van der Waals surface area contributed by atoms with Gasteiger partial charge in [-0.3, -0.25) is 0 Å². The highest BCUT2D eigenvalue weighted by molar-refractivity contribution is 7.89. The zero-order valence-corrected chi connectivity index (χ0v) is 18.2. The van der Waals surface area contributed by atoms with Crippen molar-refractivity contribution in [1.29, 1.82) is 0 Å². The van der Waals surface area contributed by atoms with Gasteiger partial charge in [-0.15, -0.1) is 0 Å². The van der Waals surface area contributed by atoms with Gasteiger partial charge in [-0.1, -0.05) is 36.4 Å². The molecular formula is C23H27F3N2O2S. The summed E-state index contributed by atoms with van der Waals surface area (Å²) in [6.45, 7) is 0.225. The number of benzene rings is 2. The fourth-order valence-electron chi connectivity index (χ4n) is 4.41. The molecule has 0 saturated heterocycles. The SMILES string of the molecule is CNC1Cc2ccc(CNS(=O)(=O)CC3CC3)cc2C1Cc1cccc(C(F)(F)F)c1. The number of fused-ring (bicyclic) bond motifs is 1. The summed E-state index contributed by atoms with van der Waals surface area (Å²) >= 11 is 0. The molecule has 1 saturated carbocycles. The maximum atomic E-state index is 13.1. The summed E-state index contributed by atoms with van der Waals surface area (Å²) < 4.78 is 66.4. The van der Waals surface area contributed by atoms with Crippen LogP contribution in [0.1, 0.15) is 46.6 Å². The van der Waals surface area contributed by atoms with Crippen molar-refractivity contribution in [1.82, 2.24) is 10.0 Å². The number of alkyl halides is 3. The lowest BCUT2D eigenvalue weighted by Crippen LogP contribution is -2.30. The summed E-state index contributed by atoms with van der Waals surface area (Å²) in [6.07, 6.45) is -1.13. The second-order valence-electron chi connectivity index (χ2n) is 8.69. The Morgan fingerprint density at radius 1 is 1.06 bits per heavy atom. The van der Waals surface area contributed by atoms with Crippen molar-refractivity contribution in [2.24, 2.45) is 5.92 Å². The van der Waals surface area contributed by atoms with E-state index in [2.05, 4.69) is 10.0 Å². The van der Waals surface area contributed by atoms with Gasteiger partial charge in [0.1, 0.15) is 0 Å². The third-order valence-corrected chi connectivity index (χ3v) is 7.76. The fourth-order valence-corrected chi connectivity index (χ4v) is 5.87. The molecule has 2 unspecified atom stereocenters. The van der Waals surface area contributed by atoms with Gasteiger partial charge in [0.2, 0.25) is 10.0 Å². The largest absolute Gasteiger partial charge is 0.416 e. The molecule has 0 amide bonds. The first kappa shape index (κ1) is 22.3. The van der Waals surface area contributed by atoms with Crippen LogP contribution in [0.4, 0.5) is 13.2 Å². The van der Waals surface area contributed by atoms with Gasteiger partial charge >= 0.3 is 6.18 Å². The summed E-state index contributed by atoms with van der Waals surface area (Å²) in [5, 5.41) is 3.30. The summed E-state index contributed by atoms with van der Waals surface area (Å²) in [6, 6.07) is 11.6. The number of sulfonamides is 1. The van der Waals surface area contributed by atoms with Crippen LogP contribution in [0.3, 0.4) is 0 Å². The van der Waals surface area contributed by atoms with Gasteiger partial charge in [0.25, 0.3) is 0 Å². The van der Waals surface area contributed by atoms with E-state index in [-0.39, 0.29) is 30.2 Å². The van der Waals surface area contributed by atoms with E-state index in [1.807, 2.05) is 25.2 Å². The van der Waals surface area contributed by atoms with Gasteiger partial charge in [-0.2, -0.15) is 13.2 Å². The number of halogens is 3. The lowest BCUT2D eigenvalue weighted by molar-refractivity contribution is -0.137. The number of rotatable bonds is 8. The van der Waals surface area contributed by atoms with Gasteiger partial charge in [0, 0.05) is 18.5 Å². The van der Waals surface area contributed by atoms with Crippen molar-refractivity contribution >= 4 is 10.0 Å². The Morgan fingerprint density at radius 3 is 2.52 bits per heavy atom. The minimum absolute atomic E-state index is 0.0199. The summed E-state index contributed by atoms with van der Waals surface area (Å²) in [4.78, 5) is 0. The molecule has 0 radical (unpaired) electrons. The Kier molecular flexibility index (Phi) is 6.16. The monoisotopic (exact) mass is 452 g/mol. The molecule has 0 spiro atoms. The number of hydrogen-bond donors (Lipinski definition) is 2. The molecule has 0 aromatic heterocycles. The minimum atomic E-state index is -4.36. The van der Waals surface area contributed by atoms with Crippen molar-refractivity contribution in [3.63, 3.8) is 0 Å². The average Bonchev–Trinajstić information content (AvgIpc) is 3.45. The zero-order valence-electron chi connectivity index (χ0n) is 17.4. The van der Waals surface area contributed by atoms with Crippen molar-refractivity contribution in [2.75, 3.05) is 12.8 Å². The Bertz CT molecular complexity index is 1050. The normalized spacial score (nSPS) is 21.3. The second-order valence-corrected chi connectivity index (χ2v) is 10.5. The van der Waals surface area contributed by atoms with E-state index in [1.54, 1.807) is 6.07 Å². The molecule has 0 heterocycles. The van der Waals surface area contributed by atoms with Gasteiger partial charge < -0.3 is 5.32 Å². The highest BCUT2D eigenvalue weighted by atomic mass is 32.2. The Hall–Kier alpha value is -1.90. The van der Waals surface area contributed by atoms with Gasteiger partial charge in [0.05, 0.1) is 11.3 Å². The van der Waals surface area contributed by atoms with E-state index in [0.717, 1.165) is 42.0 Å². The second kappa shape index (κ2) is 8.56. The fraction of sp³-hybridized carbons (Fsp3) is 0.478. The molecule has 31 heavy (non-hydrogen) atoms. The van der Waals surface area contributed by atoms with E-state index in [4.69, 9.17) is 0 Å². The van der Waals surface area contributed by atoms with Crippen LogP contribution in [-0.2, 0) is 35.6 Å². The van der Waals surface area contributed by atoms with Crippen LogP contribution >= 0.6 is 0 Å². The summed E-state index contributed by atoms with van der Waals surface area (Å²) in [7, 11) is -1.43. The molecule has 0 aliphatic heterocycles. The average molecular weight is 453 g/mol. The van der Waals surface area contributed by atoms with Crippen molar-refractivity contribution in [2.45, 2.75) is 50.4 Å². The lowest BCUT2D eigenvalue weighted by Gasteiger charge is -2.21. The van der Waals surface area contributed by atoms with Gasteiger partial charge in [-0.05, 0) is 67.0 Å². The van der Waals surface area contributed by atoms with Crippen molar-refractivity contribution < 1.29 is 21.6 Å². The molecule has 2 aromatic rings. The van der Waals surface area contributed by atoms with Crippen LogP contribution in [0.5, 0.6) is 0 Å². The lowest BCUT2D eigenvalue weighted by atomic mass is 9.89. The molecule has 4 nitrogen and oxygen atoms in total. The molecule has 2 atom stereocenters. The van der Waals surface area contributed by atoms with E-state index >= 15 is 0 Å². The minimum Gasteiger partial charge on any atom is -0.316 e. The molecule has 2 aromatic carbocycles. The summed E-state index contributed by atoms with van der Waals surface area (Å²) in [5.74, 6) is 0.482. The predicted octanol–water partition coefficient (Wildman–Crippen LogP) is 4.01. The maximum absolute atomic E-state index is 13.1. The number of likely N-dealkylation sites (N-methyl/N-ethyl adjacent to an activating group) is 1. The Balaban J connectivity index is 1.53. The van der Waals surface area contributed by atoms with Crippen LogP contribution in [0, 0.1) is 5.92 Å². The topological polar surface area (TPSA) is 58.2 Å². The highest BCUT2D eigenvalue weighted by Crippen LogP contribution is 2.38. The quantitative estimate of drug-likeness (QED) is 0.637. The molecule has 1 fully saturated rings. The van der Waals surface area contributed by atoms with E-state index < -0.39 is 21.8 Å². The third-order valence-electron chi connectivity index (χ3n) is 6.26. The molecule has 2 N–H and O–H groups in total. The molecular weight excluding hydrogens is 425 g/mol. The van der Waals surface area contributed by atoms with E-state index in [1.165, 1.54) is 12.1 Å². The molecule has 168 valence electrons.